The van der Waals surface area contributed by atoms with Crippen LogP contribution in [0.3, 0.4) is 0 Å². The molecule has 5 nitrogen and oxygen atoms in total. The molecule has 3 aromatic rings. The van der Waals surface area contributed by atoms with E-state index in [0.29, 0.717) is 17.9 Å². The molecule has 0 fully saturated rings. The van der Waals surface area contributed by atoms with Gasteiger partial charge in [0.15, 0.2) is 11.0 Å². The first-order valence-electron chi connectivity index (χ1n) is 9.26. The highest BCUT2D eigenvalue weighted by atomic mass is 79.9. The molecule has 2 aromatic carbocycles. The van der Waals surface area contributed by atoms with E-state index in [9.17, 15) is 4.79 Å². The van der Waals surface area contributed by atoms with Gasteiger partial charge in [0.25, 0.3) is 5.91 Å². The highest BCUT2D eigenvalue weighted by Crippen LogP contribution is 2.24. The van der Waals surface area contributed by atoms with Crippen LogP contribution in [0.1, 0.15) is 41.5 Å². The van der Waals surface area contributed by atoms with Crippen LogP contribution in [0.2, 0.25) is 0 Å². The standard InChI is InChI=1S/C21H23BrN4OS/c1-3-4-12-28-21-25-24-19(26(21)18-10-8-17(22)9-11-18)14-23-20(27)16-7-5-6-15(2)13-16/h5-11,13H,3-4,12,14H2,1-2H3,(H,23,27). The molecule has 0 spiro atoms. The molecule has 0 unspecified atom stereocenters. The molecule has 0 aliphatic carbocycles. The molecule has 0 atom stereocenters. The van der Waals surface area contributed by atoms with Crippen LogP contribution in [0.4, 0.5) is 0 Å². The molecule has 0 saturated carbocycles. The van der Waals surface area contributed by atoms with Gasteiger partial charge in [-0.15, -0.1) is 10.2 Å². The van der Waals surface area contributed by atoms with Crippen molar-refractivity contribution in [1.29, 1.82) is 0 Å². The maximum Gasteiger partial charge on any atom is 0.251 e. The molecule has 28 heavy (non-hydrogen) atoms. The summed E-state index contributed by atoms with van der Waals surface area (Å²) >= 11 is 5.16. The number of hydrogen-bond acceptors (Lipinski definition) is 4. The van der Waals surface area contributed by atoms with E-state index in [1.54, 1.807) is 11.8 Å². The van der Waals surface area contributed by atoms with Gasteiger partial charge in [-0.3, -0.25) is 9.36 Å². The summed E-state index contributed by atoms with van der Waals surface area (Å²) in [7, 11) is 0. The molecule has 1 heterocycles. The highest BCUT2D eigenvalue weighted by molar-refractivity contribution is 9.10. The fraction of sp³-hybridized carbons (Fsp3) is 0.286. The number of carbonyl (C=O) groups is 1. The van der Waals surface area contributed by atoms with Gasteiger partial charge >= 0.3 is 0 Å². The molecule has 7 heteroatoms. The van der Waals surface area contributed by atoms with Crippen molar-refractivity contribution < 1.29 is 4.79 Å². The van der Waals surface area contributed by atoms with E-state index in [0.717, 1.165) is 39.5 Å². The average molecular weight is 459 g/mol. The van der Waals surface area contributed by atoms with Gasteiger partial charge in [0, 0.05) is 21.5 Å². The maximum atomic E-state index is 12.5. The molecule has 146 valence electrons. The van der Waals surface area contributed by atoms with Gasteiger partial charge in [-0.2, -0.15) is 0 Å². The van der Waals surface area contributed by atoms with Crippen LogP contribution in [-0.2, 0) is 6.54 Å². The number of aromatic nitrogens is 3. The number of aryl methyl sites for hydroxylation is 1. The van der Waals surface area contributed by atoms with Gasteiger partial charge in [0.05, 0.1) is 6.54 Å². The molecular formula is C21H23BrN4OS. The quantitative estimate of drug-likeness (QED) is 0.374. The van der Waals surface area contributed by atoms with E-state index in [1.807, 2.05) is 60.0 Å². The fourth-order valence-corrected chi connectivity index (χ4v) is 4.03. The maximum absolute atomic E-state index is 12.5. The lowest BCUT2D eigenvalue weighted by molar-refractivity contribution is 0.0949. The summed E-state index contributed by atoms with van der Waals surface area (Å²) in [5, 5.41) is 12.5. The van der Waals surface area contributed by atoms with E-state index in [-0.39, 0.29) is 5.91 Å². The predicted molar refractivity (Wildman–Crippen MR) is 117 cm³/mol. The number of carbonyl (C=O) groups excluding carboxylic acids is 1. The largest absolute Gasteiger partial charge is 0.345 e. The number of nitrogens with zero attached hydrogens (tertiary/aromatic N) is 3. The number of thioether (sulfide) groups is 1. The van der Waals surface area contributed by atoms with Crippen molar-refractivity contribution >= 4 is 33.6 Å². The van der Waals surface area contributed by atoms with Crippen molar-refractivity contribution in [3.8, 4) is 5.69 Å². The van der Waals surface area contributed by atoms with E-state index < -0.39 is 0 Å². The second-order valence-corrected chi connectivity index (χ2v) is 8.44. The summed E-state index contributed by atoms with van der Waals surface area (Å²) in [5.41, 5.74) is 2.68. The van der Waals surface area contributed by atoms with Crippen LogP contribution in [0.5, 0.6) is 0 Å². The number of benzene rings is 2. The Morgan fingerprint density at radius 1 is 1.18 bits per heavy atom. The Balaban J connectivity index is 1.81. The van der Waals surface area contributed by atoms with Crippen LogP contribution in [0.25, 0.3) is 5.69 Å². The number of rotatable bonds is 8. The van der Waals surface area contributed by atoms with Crippen molar-refractivity contribution in [2.45, 2.75) is 38.4 Å². The third-order valence-electron chi connectivity index (χ3n) is 4.20. The normalized spacial score (nSPS) is 10.8. The zero-order valence-corrected chi connectivity index (χ0v) is 18.4. The first kappa shape index (κ1) is 20.6. The summed E-state index contributed by atoms with van der Waals surface area (Å²) in [5.74, 6) is 1.58. The van der Waals surface area contributed by atoms with E-state index >= 15 is 0 Å². The van der Waals surface area contributed by atoms with Gasteiger partial charge in [-0.05, 0) is 49.7 Å². The van der Waals surface area contributed by atoms with Gasteiger partial charge in [0.1, 0.15) is 0 Å². The second kappa shape index (κ2) is 9.89. The Kier molecular flexibility index (Phi) is 7.28. The van der Waals surface area contributed by atoms with Gasteiger partial charge in [0.2, 0.25) is 0 Å². The Labute approximate surface area is 178 Å². The smallest absolute Gasteiger partial charge is 0.251 e. The predicted octanol–water partition coefficient (Wildman–Crippen LogP) is 5.16. The van der Waals surface area contributed by atoms with Crippen molar-refractivity contribution in [3.05, 3.63) is 70.0 Å². The number of halogens is 1. The molecule has 1 aromatic heterocycles. The molecule has 0 aliphatic rings. The van der Waals surface area contributed by atoms with E-state index in [2.05, 4.69) is 38.4 Å². The lowest BCUT2D eigenvalue weighted by Gasteiger charge is -2.11. The minimum atomic E-state index is -0.116. The van der Waals surface area contributed by atoms with Crippen molar-refractivity contribution in [2.75, 3.05) is 5.75 Å². The topological polar surface area (TPSA) is 59.8 Å². The Morgan fingerprint density at radius 3 is 2.68 bits per heavy atom. The number of hydrogen-bond donors (Lipinski definition) is 1. The molecule has 0 radical (unpaired) electrons. The molecule has 0 bridgehead atoms. The Hall–Kier alpha value is -2.12. The van der Waals surface area contributed by atoms with Crippen molar-refractivity contribution in [3.63, 3.8) is 0 Å². The van der Waals surface area contributed by atoms with Crippen LogP contribution in [-0.4, -0.2) is 26.4 Å². The monoisotopic (exact) mass is 458 g/mol. The molecule has 0 saturated heterocycles. The van der Waals surface area contributed by atoms with Gasteiger partial charge in [-0.1, -0.05) is 58.7 Å². The third kappa shape index (κ3) is 5.23. The molecule has 0 aliphatic heterocycles. The third-order valence-corrected chi connectivity index (χ3v) is 5.75. The first-order valence-corrected chi connectivity index (χ1v) is 11.0. The molecule has 1 amide bonds. The summed E-state index contributed by atoms with van der Waals surface area (Å²) in [4.78, 5) is 12.5. The van der Waals surface area contributed by atoms with E-state index in [1.165, 1.54) is 0 Å². The summed E-state index contributed by atoms with van der Waals surface area (Å²) in [6.07, 6.45) is 2.26. The van der Waals surface area contributed by atoms with Crippen molar-refractivity contribution in [2.24, 2.45) is 0 Å². The number of amides is 1. The first-order chi connectivity index (χ1) is 13.6. The Bertz CT molecular complexity index is 940. The summed E-state index contributed by atoms with van der Waals surface area (Å²) < 4.78 is 3.03. The highest BCUT2D eigenvalue weighted by Gasteiger charge is 2.15. The molecular weight excluding hydrogens is 436 g/mol. The van der Waals surface area contributed by atoms with Gasteiger partial charge in [-0.25, -0.2) is 0 Å². The fourth-order valence-electron chi connectivity index (χ4n) is 2.71. The second-order valence-electron chi connectivity index (χ2n) is 6.46. The number of unbranched alkanes of at least 4 members (excludes halogenated alkanes) is 1. The van der Waals surface area contributed by atoms with Gasteiger partial charge < -0.3 is 5.32 Å². The lowest BCUT2D eigenvalue weighted by atomic mass is 10.1. The zero-order chi connectivity index (χ0) is 19.9. The lowest BCUT2D eigenvalue weighted by Crippen LogP contribution is -2.24. The minimum Gasteiger partial charge on any atom is -0.345 e. The average Bonchev–Trinajstić information content (AvgIpc) is 3.10. The summed E-state index contributed by atoms with van der Waals surface area (Å²) in [6, 6.07) is 15.6. The van der Waals surface area contributed by atoms with Crippen LogP contribution in [0, 0.1) is 6.92 Å². The Morgan fingerprint density at radius 2 is 1.96 bits per heavy atom. The van der Waals surface area contributed by atoms with Crippen LogP contribution >= 0.6 is 27.7 Å². The molecule has 3 rings (SSSR count). The van der Waals surface area contributed by atoms with E-state index in [4.69, 9.17) is 0 Å². The summed E-state index contributed by atoms with van der Waals surface area (Å²) in [6.45, 7) is 4.46. The minimum absolute atomic E-state index is 0.116. The van der Waals surface area contributed by atoms with Crippen LogP contribution in [0.15, 0.2) is 58.2 Å². The number of nitrogens with one attached hydrogen (secondary N) is 1. The van der Waals surface area contributed by atoms with Crippen molar-refractivity contribution in [1.82, 2.24) is 20.1 Å². The zero-order valence-electron chi connectivity index (χ0n) is 16.0. The van der Waals surface area contributed by atoms with Crippen LogP contribution < -0.4 is 5.32 Å². The molecule has 1 N–H and O–H groups in total. The SMILES string of the molecule is CCCCSc1nnc(CNC(=O)c2cccc(C)c2)n1-c1ccc(Br)cc1.